The Kier molecular flexibility index (Phi) is 3.72. The Labute approximate surface area is 104 Å². The van der Waals surface area contributed by atoms with Gasteiger partial charge in [0.1, 0.15) is 5.75 Å². The van der Waals surface area contributed by atoms with Gasteiger partial charge >= 0.3 is 0 Å². The van der Waals surface area contributed by atoms with Gasteiger partial charge in [0.15, 0.2) is 0 Å². The van der Waals surface area contributed by atoms with Gasteiger partial charge in [0.05, 0.1) is 7.11 Å². The Morgan fingerprint density at radius 3 is 2.53 bits per heavy atom. The van der Waals surface area contributed by atoms with Crippen LogP contribution in [0.1, 0.15) is 43.2 Å². The molecule has 0 heterocycles. The topological polar surface area (TPSA) is 35.2 Å². The fourth-order valence-electron chi connectivity index (χ4n) is 3.05. The third-order valence-corrected chi connectivity index (χ3v) is 4.13. The Morgan fingerprint density at radius 2 is 1.94 bits per heavy atom. The maximum Gasteiger partial charge on any atom is 0.122 e. The Balaban J connectivity index is 2.44. The summed E-state index contributed by atoms with van der Waals surface area (Å²) in [7, 11) is 1.75. The van der Waals surface area contributed by atoms with Crippen LogP contribution in [0.2, 0.25) is 0 Å². The van der Waals surface area contributed by atoms with Crippen molar-refractivity contribution in [1.82, 2.24) is 0 Å². The highest BCUT2D eigenvalue weighted by molar-refractivity contribution is 5.43. The van der Waals surface area contributed by atoms with Crippen LogP contribution < -0.4 is 10.5 Å². The van der Waals surface area contributed by atoms with E-state index in [1.54, 1.807) is 7.11 Å². The second-order valence-electron chi connectivity index (χ2n) is 5.25. The van der Waals surface area contributed by atoms with Gasteiger partial charge in [-0.15, -0.1) is 0 Å². The molecule has 0 atom stereocenters. The molecular formula is C15H23NO. The molecule has 2 N–H and O–H groups in total. The first-order valence-electron chi connectivity index (χ1n) is 6.57. The number of aryl methyl sites for hydroxylation is 1. The van der Waals surface area contributed by atoms with E-state index in [1.807, 2.05) is 0 Å². The summed E-state index contributed by atoms with van der Waals surface area (Å²) in [5.74, 6) is 1.00. The highest BCUT2D eigenvalue weighted by Crippen LogP contribution is 2.42. The lowest BCUT2D eigenvalue weighted by atomic mass is 9.69. The lowest BCUT2D eigenvalue weighted by Gasteiger charge is -2.37. The number of benzene rings is 1. The zero-order chi connectivity index (χ0) is 12.3. The second kappa shape index (κ2) is 5.09. The van der Waals surface area contributed by atoms with Crippen molar-refractivity contribution in [2.24, 2.45) is 5.73 Å². The molecule has 0 bridgehead atoms. The molecule has 1 saturated carbocycles. The molecule has 1 aromatic rings. The molecule has 1 fully saturated rings. The summed E-state index contributed by atoms with van der Waals surface area (Å²) in [6.45, 7) is 2.86. The number of hydrogen-bond donors (Lipinski definition) is 1. The summed E-state index contributed by atoms with van der Waals surface area (Å²) in [6, 6.07) is 6.45. The molecule has 0 unspecified atom stereocenters. The minimum Gasteiger partial charge on any atom is -0.496 e. The van der Waals surface area contributed by atoms with Crippen LogP contribution in [0.15, 0.2) is 18.2 Å². The number of hydrogen-bond acceptors (Lipinski definition) is 2. The number of methoxy groups -OCH3 is 1. The van der Waals surface area contributed by atoms with E-state index in [4.69, 9.17) is 10.5 Å². The molecule has 2 nitrogen and oxygen atoms in total. The average Bonchev–Trinajstić information content (AvgIpc) is 2.39. The largest absolute Gasteiger partial charge is 0.496 e. The number of rotatable bonds is 3. The first-order chi connectivity index (χ1) is 8.22. The Morgan fingerprint density at radius 1 is 1.24 bits per heavy atom. The normalized spacial score (nSPS) is 19.0. The fourth-order valence-corrected chi connectivity index (χ4v) is 3.05. The predicted molar refractivity (Wildman–Crippen MR) is 71.5 cm³/mol. The van der Waals surface area contributed by atoms with E-state index in [2.05, 4.69) is 25.1 Å². The summed E-state index contributed by atoms with van der Waals surface area (Å²) in [5.41, 5.74) is 8.85. The van der Waals surface area contributed by atoms with Gasteiger partial charge in [0.25, 0.3) is 0 Å². The van der Waals surface area contributed by atoms with E-state index in [1.165, 1.54) is 43.2 Å². The Bertz CT molecular complexity index is 381. The Hall–Kier alpha value is -1.02. The van der Waals surface area contributed by atoms with Crippen molar-refractivity contribution < 1.29 is 4.74 Å². The molecule has 0 spiro atoms. The van der Waals surface area contributed by atoms with Gasteiger partial charge in [-0.05, 0) is 25.8 Å². The highest BCUT2D eigenvalue weighted by atomic mass is 16.5. The first kappa shape index (κ1) is 12.4. The third-order valence-electron chi connectivity index (χ3n) is 4.13. The van der Waals surface area contributed by atoms with Crippen LogP contribution in [-0.4, -0.2) is 13.7 Å². The molecule has 1 aliphatic rings. The highest BCUT2D eigenvalue weighted by Gasteiger charge is 2.34. The minimum absolute atomic E-state index is 0.148. The van der Waals surface area contributed by atoms with Gasteiger partial charge in [0.2, 0.25) is 0 Å². The molecule has 94 valence electrons. The van der Waals surface area contributed by atoms with E-state index < -0.39 is 0 Å². The molecule has 1 aliphatic carbocycles. The smallest absolute Gasteiger partial charge is 0.122 e. The van der Waals surface area contributed by atoms with Gasteiger partial charge in [-0.2, -0.15) is 0 Å². The van der Waals surface area contributed by atoms with Gasteiger partial charge < -0.3 is 10.5 Å². The number of ether oxygens (including phenoxy) is 1. The third kappa shape index (κ3) is 2.32. The lowest BCUT2D eigenvalue weighted by molar-refractivity contribution is 0.287. The minimum atomic E-state index is 0.148. The molecule has 0 amide bonds. The summed E-state index contributed by atoms with van der Waals surface area (Å²) in [5, 5.41) is 0. The molecule has 17 heavy (non-hydrogen) atoms. The van der Waals surface area contributed by atoms with Crippen molar-refractivity contribution in [3.8, 4) is 5.75 Å². The summed E-state index contributed by atoms with van der Waals surface area (Å²) in [6.07, 6.45) is 6.31. The molecule has 0 radical (unpaired) electrons. The average molecular weight is 233 g/mol. The van der Waals surface area contributed by atoms with Gasteiger partial charge in [-0.1, -0.05) is 37.0 Å². The van der Waals surface area contributed by atoms with Crippen LogP contribution in [0.25, 0.3) is 0 Å². The first-order valence-corrected chi connectivity index (χ1v) is 6.57. The summed E-state index contributed by atoms with van der Waals surface area (Å²) in [4.78, 5) is 0. The van der Waals surface area contributed by atoms with E-state index >= 15 is 0 Å². The molecule has 2 heteroatoms. The standard InChI is InChI=1S/C15H23NO/c1-12-6-7-14(17-2)13(10-12)15(11-16)8-4-3-5-9-15/h6-7,10H,3-5,8-9,11,16H2,1-2H3. The summed E-state index contributed by atoms with van der Waals surface area (Å²) < 4.78 is 5.52. The zero-order valence-electron chi connectivity index (χ0n) is 11.0. The molecular weight excluding hydrogens is 210 g/mol. The van der Waals surface area contributed by atoms with Crippen LogP contribution in [0.5, 0.6) is 5.75 Å². The van der Waals surface area contributed by atoms with E-state index in [0.717, 1.165) is 12.3 Å². The summed E-state index contributed by atoms with van der Waals surface area (Å²) >= 11 is 0. The van der Waals surface area contributed by atoms with E-state index in [-0.39, 0.29) is 5.41 Å². The molecule has 0 saturated heterocycles. The van der Waals surface area contributed by atoms with Crippen LogP contribution in [0.4, 0.5) is 0 Å². The SMILES string of the molecule is COc1ccc(C)cc1C1(CN)CCCCC1. The number of nitrogens with two attached hydrogens (primary N) is 1. The van der Waals surface area contributed by atoms with Gasteiger partial charge in [-0.3, -0.25) is 0 Å². The van der Waals surface area contributed by atoms with E-state index in [9.17, 15) is 0 Å². The van der Waals surface area contributed by atoms with Crippen LogP contribution in [0, 0.1) is 6.92 Å². The quantitative estimate of drug-likeness (QED) is 0.870. The van der Waals surface area contributed by atoms with Gasteiger partial charge in [0, 0.05) is 17.5 Å². The van der Waals surface area contributed by atoms with Crippen molar-refractivity contribution in [2.45, 2.75) is 44.4 Å². The zero-order valence-corrected chi connectivity index (χ0v) is 11.0. The molecule has 2 rings (SSSR count). The van der Waals surface area contributed by atoms with Crippen LogP contribution >= 0.6 is 0 Å². The second-order valence-corrected chi connectivity index (χ2v) is 5.25. The maximum absolute atomic E-state index is 6.09. The molecule has 0 aliphatic heterocycles. The van der Waals surface area contributed by atoms with Crippen molar-refractivity contribution in [2.75, 3.05) is 13.7 Å². The monoisotopic (exact) mass is 233 g/mol. The maximum atomic E-state index is 6.09. The van der Waals surface area contributed by atoms with Gasteiger partial charge in [-0.25, -0.2) is 0 Å². The van der Waals surface area contributed by atoms with Crippen molar-refractivity contribution >= 4 is 0 Å². The lowest BCUT2D eigenvalue weighted by Crippen LogP contribution is -2.37. The van der Waals surface area contributed by atoms with Crippen LogP contribution in [0.3, 0.4) is 0 Å². The molecule has 0 aromatic heterocycles. The predicted octanol–water partition coefficient (Wildman–Crippen LogP) is 3.16. The fraction of sp³-hybridized carbons (Fsp3) is 0.600. The van der Waals surface area contributed by atoms with Crippen LogP contribution in [-0.2, 0) is 5.41 Å². The molecule has 1 aromatic carbocycles. The van der Waals surface area contributed by atoms with Crippen molar-refractivity contribution in [1.29, 1.82) is 0 Å². The van der Waals surface area contributed by atoms with Crippen molar-refractivity contribution in [3.63, 3.8) is 0 Å². The van der Waals surface area contributed by atoms with Crippen molar-refractivity contribution in [3.05, 3.63) is 29.3 Å². The van der Waals surface area contributed by atoms with E-state index in [0.29, 0.717) is 0 Å².